The number of carboxylic acids is 1. The lowest BCUT2D eigenvalue weighted by atomic mass is 9.95. The van der Waals surface area contributed by atoms with E-state index in [0.717, 1.165) is 11.1 Å². The zero-order valence-corrected chi connectivity index (χ0v) is 13.2. The van der Waals surface area contributed by atoms with Crippen LogP contribution in [0.3, 0.4) is 0 Å². The topological polar surface area (TPSA) is 74.7 Å². The summed E-state index contributed by atoms with van der Waals surface area (Å²) in [6, 6.07) is 5.06. The van der Waals surface area contributed by atoms with Gasteiger partial charge in [-0.3, -0.25) is 0 Å². The molecule has 0 spiro atoms. The quantitative estimate of drug-likeness (QED) is 0.904. The molecule has 1 N–H and O–H groups in total. The van der Waals surface area contributed by atoms with Crippen molar-refractivity contribution >= 4 is 16.0 Å². The number of aromatic carboxylic acids is 1. The van der Waals surface area contributed by atoms with Gasteiger partial charge in [-0.25, -0.2) is 13.2 Å². The molecular weight excluding hydrogens is 290 g/mol. The van der Waals surface area contributed by atoms with E-state index in [2.05, 4.69) is 0 Å². The fourth-order valence-electron chi connectivity index (χ4n) is 2.54. The first-order chi connectivity index (χ1) is 9.81. The maximum absolute atomic E-state index is 12.3. The second kappa shape index (κ2) is 6.15. The second-order valence-corrected chi connectivity index (χ2v) is 7.92. The van der Waals surface area contributed by atoms with E-state index < -0.39 is 16.0 Å². The molecule has 0 saturated carbocycles. The summed E-state index contributed by atoms with van der Waals surface area (Å²) in [6.45, 7) is 4.63. The van der Waals surface area contributed by atoms with Crippen LogP contribution in [0.4, 0.5) is 0 Å². The van der Waals surface area contributed by atoms with Crippen LogP contribution >= 0.6 is 0 Å². The zero-order valence-electron chi connectivity index (χ0n) is 12.4. The summed E-state index contributed by atoms with van der Waals surface area (Å²) in [5.41, 5.74) is 1.85. The first kappa shape index (κ1) is 16.0. The van der Waals surface area contributed by atoms with Crippen molar-refractivity contribution in [3.05, 3.63) is 34.9 Å². The molecule has 0 aliphatic carbocycles. The van der Waals surface area contributed by atoms with E-state index in [0.29, 0.717) is 25.3 Å². The summed E-state index contributed by atoms with van der Waals surface area (Å²) >= 11 is 0. The van der Waals surface area contributed by atoms with Crippen molar-refractivity contribution in [3.8, 4) is 0 Å². The monoisotopic (exact) mass is 311 g/mol. The van der Waals surface area contributed by atoms with Crippen LogP contribution in [0.25, 0.3) is 0 Å². The number of rotatable bonds is 5. The van der Waals surface area contributed by atoms with E-state index >= 15 is 0 Å². The van der Waals surface area contributed by atoms with Gasteiger partial charge in [0.25, 0.3) is 0 Å². The Hall–Kier alpha value is -1.40. The van der Waals surface area contributed by atoms with Crippen molar-refractivity contribution in [3.63, 3.8) is 0 Å². The van der Waals surface area contributed by atoms with E-state index in [4.69, 9.17) is 0 Å². The Balaban J connectivity index is 2.20. The minimum absolute atomic E-state index is 0.151. The lowest BCUT2D eigenvalue weighted by Crippen LogP contribution is -2.38. The number of nitrogens with zero attached hydrogens (tertiary/aromatic N) is 1. The molecule has 0 atom stereocenters. The Morgan fingerprint density at radius 2 is 2.10 bits per heavy atom. The summed E-state index contributed by atoms with van der Waals surface area (Å²) < 4.78 is 26.1. The molecule has 0 fully saturated rings. The van der Waals surface area contributed by atoms with Gasteiger partial charge in [-0.2, -0.15) is 4.31 Å². The SMILES string of the molecule is CC(C)CCS(=O)(=O)N1CCc2c(cccc2C(=O)O)C1. The lowest BCUT2D eigenvalue weighted by molar-refractivity contribution is 0.0695. The van der Waals surface area contributed by atoms with Crippen LogP contribution in [-0.4, -0.2) is 36.1 Å². The Kier molecular flexibility index (Phi) is 4.68. The van der Waals surface area contributed by atoms with Crippen molar-refractivity contribution in [2.45, 2.75) is 33.2 Å². The summed E-state index contributed by atoms with van der Waals surface area (Å²) in [5, 5.41) is 9.18. The van der Waals surface area contributed by atoms with E-state index in [9.17, 15) is 18.3 Å². The average Bonchev–Trinajstić information content (AvgIpc) is 2.43. The summed E-state index contributed by atoms with van der Waals surface area (Å²) in [5.74, 6) is -0.461. The molecule has 0 radical (unpaired) electrons. The fourth-order valence-corrected chi connectivity index (χ4v) is 4.27. The van der Waals surface area contributed by atoms with Gasteiger partial charge < -0.3 is 5.11 Å². The molecule has 0 bridgehead atoms. The predicted octanol–water partition coefficient (Wildman–Crippen LogP) is 2.12. The van der Waals surface area contributed by atoms with Gasteiger partial charge in [-0.1, -0.05) is 26.0 Å². The van der Waals surface area contributed by atoms with Gasteiger partial charge in [-0.05, 0) is 36.0 Å². The number of carboxylic acid groups (broad SMARTS) is 1. The standard InChI is InChI=1S/C15H21NO4S/c1-11(2)7-9-21(19,20)16-8-6-13-12(10-16)4-3-5-14(13)15(17)18/h3-5,11H,6-10H2,1-2H3,(H,17,18). The van der Waals surface area contributed by atoms with Crippen LogP contribution in [0.5, 0.6) is 0 Å². The first-order valence-electron chi connectivity index (χ1n) is 7.13. The molecule has 1 heterocycles. The largest absolute Gasteiger partial charge is 0.478 e. The highest BCUT2D eigenvalue weighted by Crippen LogP contribution is 2.25. The highest BCUT2D eigenvalue weighted by molar-refractivity contribution is 7.89. The van der Waals surface area contributed by atoms with Gasteiger partial charge in [-0.15, -0.1) is 0 Å². The van der Waals surface area contributed by atoms with Crippen molar-refractivity contribution in [2.75, 3.05) is 12.3 Å². The normalized spacial score (nSPS) is 16.0. The number of hydrogen-bond donors (Lipinski definition) is 1. The molecular formula is C15H21NO4S. The molecule has 0 aromatic heterocycles. The second-order valence-electron chi connectivity index (χ2n) is 5.83. The maximum atomic E-state index is 12.3. The highest BCUT2D eigenvalue weighted by atomic mass is 32.2. The van der Waals surface area contributed by atoms with E-state index in [-0.39, 0.29) is 17.9 Å². The third-order valence-corrected chi connectivity index (χ3v) is 5.66. The third kappa shape index (κ3) is 3.63. The molecule has 0 unspecified atom stereocenters. The van der Waals surface area contributed by atoms with Crippen molar-refractivity contribution in [1.82, 2.24) is 4.31 Å². The molecule has 5 nitrogen and oxygen atoms in total. The van der Waals surface area contributed by atoms with E-state index in [1.807, 2.05) is 19.9 Å². The molecule has 6 heteroatoms. The number of carbonyl (C=O) groups is 1. The van der Waals surface area contributed by atoms with Crippen LogP contribution in [0.2, 0.25) is 0 Å². The highest BCUT2D eigenvalue weighted by Gasteiger charge is 2.28. The van der Waals surface area contributed by atoms with Gasteiger partial charge in [0, 0.05) is 13.1 Å². The first-order valence-corrected chi connectivity index (χ1v) is 8.74. The zero-order chi connectivity index (χ0) is 15.6. The Labute approximate surface area is 125 Å². The van der Waals surface area contributed by atoms with Crippen LogP contribution in [0.1, 0.15) is 41.8 Å². The summed E-state index contributed by atoms with van der Waals surface area (Å²) in [4.78, 5) is 11.2. The van der Waals surface area contributed by atoms with Gasteiger partial charge in [0.15, 0.2) is 0 Å². The Morgan fingerprint density at radius 1 is 1.38 bits per heavy atom. The van der Waals surface area contributed by atoms with Crippen molar-refractivity contribution < 1.29 is 18.3 Å². The Morgan fingerprint density at radius 3 is 2.71 bits per heavy atom. The Bertz CT molecular complexity index is 637. The molecule has 21 heavy (non-hydrogen) atoms. The van der Waals surface area contributed by atoms with Gasteiger partial charge in [0.05, 0.1) is 11.3 Å². The van der Waals surface area contributed by atoms with Crippen LogP contribution < -0.4 is 0 Å². The minimum atomic E-state index is -3.27. The molecule has 116 valence electrons. The molecule has 2 rings (SSSR count). The number of fused-ring (bicyclic) bond motifs is 1. The van der Waals surface area contributed by atoms with Crippen molar-refractivity contribution in [1.29, 1.82) is 0 Å². The lowest BCUT2D eigenvalue weighted by Gasteiger charge is -2.29. The minimum Gasteiger partial charge on any atom is -0.478 e. The predicted molar refractivity (Wildman–Crippen MR) is 80.8 cm³/mol. The van der Waals surface area contributed by atoms with Gasteiger partial charge >= 0.3 is 5.97 Å². The molecule has 1 aromatic rings. The maximum Gasteiger partial charge on any atom is 0.335 e. The molecule has 0 saturated heterocycles. The number of hydrogen-bond acceptors (Lipinski definition) is 3. The smallest absolute Gasteiger partial charge is 0.335 e. The average molecular weight is 311 g/mol. The van der Waals surface area contributed by atoms with Gasteiger partial charge in [0.1, 0.15) is 0 Å². The summed E-state index contributed by atoms with van der Waals surface area (Å²) in [6.07, 6.45) is 1.10. The number of benzene rings is 1. The van der Waals surface area contributed by atoms with E-state index in [1.165, 1.54) is 4.31 Å². The van der Waals surface area contributed by atoms with Crippen LogP contribution in [0.15, 0.2) is 18.2 Å². The van der Waals surface area contributed by atoms with Crippen LogP contribution in [-0.2, 0) is 23.0 Å². The van der Waals surface area contributed by atoms with Crippen molar-refractivity contribution in [2.24, 2.45) is 5.92 Å². The molecule has 1 aliphatic rings. The summed E-state index contributed by atoms with van der Waals surface area (Å²) in [7, 11) is -3.27. The van der Waals surface area contributed by atoms with Crippen LogP contribution in [0, 0.1) is 5.92 Å². The molecule has 1 aliphatic heterocycles. The van der Waals surface area contributed by atoms with Gasteiger partial charge in [0.2, 0.25) is 10.0 Å². The molecule has 1 aromatic carbocycles. The van der Waals surface area contributed by atoms with E-state index in [1.54, 1.807) is 12.1 Å². The molecule has 0 amide bonds. The fraction of sp³-hybridized carbons (Fsp3) is 0.533. The number of sulfonamides is 1. The third-order valence-electron chi connectivity index (χ3n) is 3.81.